The smallest absolute Gasteiger partial charge is 0.243 e. The van der Waals surface area contributed by atoms with E-state index in [4.69, 9.17) is 8.83 Å². The molecule has 0 aliphatic rings. The molecule has 11 heteroatoms. The number of sulfonamides is 1. The van der Waals surface area contributed by atoms with Crippen LogP contribution in [-0.2, 0) is 32.7 Å². The van der Waals surface area contributed by atoms with Crippen LogP contribution in [0.1, 0.15) is 25.4 Å². The number of carbonyl (C=O) groups excluding carboxylic acids is 2. The van der Waals surface area contributed by atoms with Crippen LogP contribution in [0, 0.1) is 11.7 Å². The molecule has 3 aromatic rings. The summed E-state index contributed by atoms with van der Waals surface area (Å²) in [6.45, 7) is 3.05. The zero-order valence-electron chi connectivity index (χ0n) is 18.7. The fourth-order valence-electron chi connectivity index (χ4n) is 3.36. The summed E-state index contributed by atoms with van der Waals surface area (Å²) in [6, 6.07) is 10.0. The quantitative estimate of drug-likeness (QED) is 0.425. The van der Waals surface area contributed by atoms with Crippen LogP contribution in [0.15, 0.2) is 74.8 Å². The Morgan fingerprint density at radius 3 is 2.18 bits per heavy atom. The molecular formula is C23H26FN3O6S. The molecule has 0 bridgehead atoms. The molecule has 0 saturated carbocycles. The van der Waals surface area contributed by atoms with Gasteiger partial charge >= 0.3 is 0 Å². The minimum absolute atomic E-state index is 0.0405. The van der Waals surface area contributed by atoms with Crippen molar-refractivity contribution in [2.45, 2.75) is 37.9 Å². The average molecular weight is 492 g/mol. The van der Waals surface area contributed by atoms with Crippen LogP contribution in [-0.4, -0.2) is 37.7 Å². The van der Waals surface area contributed by atoms with Crippen LogP contribution in [0.25, 0.3) is 0 Å². The van der Waals surface area contributed by atoms with Gasteiger partial charge < -0.3 is 19.1 Å². The molecule has 34 heavy (non-hydrogen) atoms. The van der Waals surface area contributed by atoms with Crippen LogP contribution < -0.4 is 10.0 Å². The predicted molar refractivity (Wildman–Crippen MR) is 120 cm³/mol. The Labute approximate surface area is 197 Å². The van der Waals surface area contributed by atoms with E-state index in [2.05, 4.69) is 10.0 Å². The van der Waals surface area contributed by atoms with Crippen molar-refractivity contribution in [1.82, 2.24) is 14.9 Å². The van der Waals surface area contributed by atoms with Gasteiger partial charge in [0, 0.05) is 0 Å². The van der Waals surface area contributed by atoms with Crippen LogP contribution >= 0.6 is 0 Å². The number of benzene rings is 1. The SMILES string of the molecule is CC(C)[C@H](C(=O)NCc1ccco1)N(Cc1ccco1)C(=O)CNS(=O)(=O)c1ccc(F)cc1. The molecule has 0 fully saturated rings. The van der Waals surface area contributed by atoms with E-state index in [-0.39, 0.29) is 23.9 Å². The van der Waals surface area contributed by atoms with E-state index in [1.165, 1.54) is 17.4 Å². The van der Waals surface area contributed by atoms with Crippen molar-refractivity contribution in [3.63, 3.8) is 0 Å². The summed E-state index contributed by atoms with van der Waals surface area (Å²) in [4.78, 5) is 27.3. The summed E-state index contributed by atoms with van der Waals surface area (Å²) >= 11 is 0. The Balaban J connectivity index is 1.77. The highest BCUT2D eigenvalue weighted by Gasteiger charge is 2.33. The van der Waals surface area contributed by atoms with Gasteiger partial charge in [0.2, 0.25) is 21.8 Å². The molecule has 0 aliphatic heterocycles. The fourth-order valence-corrected chi connectivity index (χ4v) is 4.34. The number of carbonyl (C=O) groups is 2. The highest BCUT2D eigenvalue weighted by molar-refractivity contribution is 7.89. The molecule has 0 radical (unpaired) electrons. The lowest BCUT2D eigenvalue weighted by Crippen LogP contribution is -2.53. The molecule has 9 nitrogen and oxygen atoms in total. The Morgan fingerprint density at radius 2 is 1.62 bits per heavy atom. The highest BCUT2D eigenvalue weighted by Crippen LogP contribution is 2.17. The normalized spacial score (nSPS) is 12.5. The van der Waals surface area contributed by atoms with E-state index in [9.17, 15) is 22.4 Å². The van der Waals surface area contributed by atoms with Gasteiger partial charge in [-0.3, -0.25) is 9.59 Å². The lowest BCUT2D eigenvalue weighted by molar-refractivity contribution is -0.142. The van der Waals surface area contributed by atoms with Crippen molar-refractivity contribution >= 4 is 21.8 Å². The van der Waals surface area contributed by atoms with Crippen LogP contribution in [0.4, 0.5) is 4.39 Å². The summed E-state index contributed by atoms with van der Waals surface area (Å²) in [5, 5.41) is 2.75. The van der Waals surface area contributed by atoms with Gasteiger partial charge in [-0.2, -0.15) is 0 Å². The minimum Gasteiger partial charge on any atom is -0.467 e. The minimum atomic E-state index is -4.07. The molecule has 0 spiro atoms. The van der Waals surface area contributed by atoms with Gasteiger partial charge in [0.05, 0.1) is 37.1 Å². The van der Waals surface area contributed by atoms with Crippen LogP contribution in [0.5, 0.6) is 0 Å². The third-order valence-electron chi connectivity index (χ3n) is 5.02. The molecule has 182 valence electrons. The van der Waals surface area contributed by atoms with Crippen molar-refractivity contribution in [3.8, 4) is 0 Å². The van der Waals surface area contributed by atoms with Crippen molar-refractivity contribution in [1.29, 1.82) is 0 Å². The van der Waals surface area contributed by atoms with Gasteiger partial charge in [-0.15, -0.1) is 0 Å². The second kappa shape index (κ2) is 11.1. The Morgan fingerprint density at radius 1 is 1.00 bits per heavy atom. The lowest BCUT2D eigenvalue weighted by Gasteiger charge is -2.33. The molecule has 2 heterocycles. The molecule has 0 saturated heterocycles. The van der Waals surface area contributed by atoms with Gasteiger partial charge in [-0.1, -0.05) is 13.8 Å². The average Bonchev–Trinajstić information content (AvgIpc) is 3.50. The number of halogens is 1. The van der Waals surface area contributed by atoms with E-state index in [0.29, 0.717) is 11.5 Å². The molecule has 2 aromatic heterocycles. The van der Waals surface area contributed by atoms with Gasteiger partial charge in [0.1, 0.15) is 23.4 Å². The zero-order valence-corrected chi connectivity index (χ0v) is 19.5. The molecule has 3 rings (SSSR count). The number of hydrogen-bond donors (Lipinski definition) is 2. The summed E-state index contributed by atoms with van der Waals surface area (Å²) in [5.41, 5.74) is 0. The second-order valence-electron chi connectivity index (χ2n) is 7.87. The van der Waals surface area contributed by atoms with Gasteiger partial charge in [-0.25, -0.2) is 17.5 Å². The number of nitrogens with zero attached hydrogens (tertiary/aromatic N) is 1. The maximum absolute atomic E-state index is 13.2. The first kappa shape index (κ1) is 25.2. The number of hydrogen-bond acceptors (Lipinski definition) is 6. The Hall–Kier alpha value is -3.44. The molecule has 1 atom stereocenters. The van der Waals surface area contributed by atoms with Crippen molar-refractivity contribution in [2.75, 3.05) is 6.54 Å². The molecule has 2 amide bonds. The lowest BCUT2D eigenvalue weighted by atomic mass is 10.0. The summed E-state index contributed by atoms with van der Waals surface area (Å²) < 4.78 is 51.0. The van der Waals surface area contributed by atoms with Crippen molar-refractivity contribution < 1.29 is 31.2 Å². The third-order valence-corrected chi connectivity index (χ3v) is 6.43. The highest BCUT2D eigenvalue weighted by atomic mass is 32.2. The van der Waals surface area contributed by atoms with Crippen LogP contribution in [0.2, 0.25) is 0 Å². The largest absolute Gasteiger partial charge is 0.467 e. The summed E-state index contributed by atoms with van der Waals surface area (Å²) in [6.07, 6.45) is 2.93. The predicted octanol–water partition coefficient (Wildman–Crippen LogP) is 2.66. The first-order valence-corrected chi connectivity index (χ1v) is 12.0. The first-order chi connectivity index (χ1) is 16.2. The number of nitrogens with one attached hydrogen (secondary N) is 2. The number of amides is 2. The molecule has 1 aromatic carbocycles. The van der Waals surface area contributed by atoms with Crippen molar-refractivity contribution in [2.24, 2.45) is 5.92 Å². The zero-order chi connectivity index (χ0) is 24.7. The fraction of sp³-hybridized carbons (Fsp3) is 0.304. The van der Waals surface area contributed by atoms with E-state index >= 15 is 0 Å². The van der Waals surface area contributed by atoms with E-state index in [1.54, 1.807) is 38.1 Å². The maximum atomic E-state index is 13.2. The Bertz CT molecular complexity index is 1180. The third kappa shape index (κ3) is 6.55. The number of furan rings is 2. The van der Waals surface area contributed by atoms with Crippen molar-refractivity contribution in [3.05, 3.63) is 78.4 Å². The number of rotatable bonds is 11. The van der Waals surface area contributed by atoms with Crippen LogP contribution in [0.3, 0.4) is 0 Å². The van der Waals surface area contributed by atoms with Gasteiger partial charge in [0.15, 0.2) is 0 Å². The molecule has 0 aliphatic carbocycles. The topological polar surface area (TPSA) is 122 Å². The Kier molecular flexibility index (Phi) is 8.24. The van der Waals surface area contributed by atoms with E-state index in [0.717, 1.165) is 24.3 Å². The van der Waals surface area contributed by atoms with E-state index < -0.39 is 40.2 Å². The van der Waals surface area contributed by atoms with E-state index in [1.807, 2.05) is 0 Å². The first-order valence-electron chi connectivity index (χ1n) is 10.5. The monoisotopic (exact) mass is 491 g/mol. The maximum Gasteiger partial charge on any atom is 0.243 e. The van der Waals surface area contributed by atoms with Gasteiger partial charge in [0.25, 0.3) is 0 Å². The molecule has 2 N–H and O–H groups in total. The second-order valence-corrected chi connectivity index (χ2v) is 9.63. The summed E-state index contributed by atoms with van der Waals surface area (Å²) in [7, 11) is -4.07. The summed E-state index contributed by atoms with van der Waals surface area (Å²) in [5.74, 6) is -0.961. The molecule has 0 unspecified atom stereocenters. The standard InChI is InChI=1S/C23H26FN3O6S/c1-16(2)22(23(29)25-13-18-5-3-11-32-18)27(15-19-6-4-12-33-19)21(28)14-26-34(30,31)20-9-7-17(24)8-10-20/h3-12,16,22,26H,13-15H2,1-2H3,(H,25,29)/t22-/m1/s1. The van der Waals surface area contributed by atoms with Gasteiger partial charge in [-0.05, 0) is 54.4 Å². The molecular weight excluding hydrogens is 465 g/mol.